The topological polar surface area (TPSA) is 62.2 Å². The lowest BCUT2D eigenvalue weighted by molar-refractivity contribution is -0.116. The molecule has 3 aromatic rings. The van der Waals surface area contributed by atoms with Crippen molar-refractivity contribution in [3.63, 3.8) is 0 Å². The largest absolute Gasteiger partial charge is 0.352 e. The summed E-state index contributed by atoms with van der Waals surface area (Å²) in [5, 5.41) is 7.15. The number of hydrogen-bond acceptors (Lipinski definition) is 3. The molecule has 2 atom stereocenters. The molecule has 7 heteroatoms. The van der Waals surface area contributed by atoms with E-state index in [1.165, 1.54) is 31.4 Å². The lowest BCUT2D eigenvalue weighted by Crippen LogP contribution is -2.33. The molecular weight excluding hydrogens is 430 g/mol. The normalized spacial score (nSPS) is 20.7. The molecule has 0 radical (unpaired) electrons. The number of pyridine rings is 1. The van der Waals surface area contributed by atoms with E-state index >= 15 is 0 Å². The lowest BCUT2D eigenvalue weighted by atomic mass is 10.0. The quantitative estimate of drug-likeness (QED) is 0.487. The Hall–Kier alpha value is -3.19. The van der Waals surface area contributed by atoms with Gasteiger partial charge in [0.1, 0.15) is 0 Å². The number of nitrogens with zero attached hydrogens (tertiary/aromatic N) is 3. The molecule has 2 aromatic heterocycles. The van der Waals surface area contributed by atoms with E-state index in [-0.39, 0.29) is 18.0 Å². The van der Waals surface area contributed by atoms with Gasteiger partial charge >= 0.3 is 0 Å². The molecule has 1 amide bonds. The number of thiocarbonyl (C=S) groups is 1. The van der Waals surface area contributed by atoms with Crippen LogP contribution in [0.25, 0.3) is 0 Å². The lowest BCUT2D eigenvalue weighted by Gasteiger charge is -2.30. The summed E-state index contributed by atoms with van der Waals surface area (Å²) < 4.78 is 2.43. The van der Waals surface area contributed by atoms with Crippen LogP contribution in [-0.2, 0) is 4.79 Å². The van der Waals surface area contributed by atoms with Crippen molar-refractivity contribution in [3.8, 4) is 0 Å². The first-order valence-corrected chi connectivity index (χ1v) is 12.1. The Bertz CT molecular complexity index is 1090. The molecule has 2 aliphatic rings. The second kappa shape index (κ2) is 9.75. The zero-order chi connectivity index (χ0) is 22.6. The fraction of sp³-hybridized carbons (Fsp3) is 0.346. The molecule has 1 saturated heterocycles. The monoisotopic (exact) mass is 459 g/mol. The second-order valence-electron chi connectivity index (χ2n) is 8.76. The van der Waals surface area contributed by atoms with E-state index < -0.39 is 0 Å². The number of rotatable bonds is 7. The minimum Gasteiger partial charge on any atom is -0.352 e. The molecule has 0 unspecified atom stereocenters. The van der Waals surface area contributed by atoms with E-state index in [1.807, 2.05) is 54.7 Å². The second-order valence-corrected chi connectivity index (χ2v) is 9.15. The van der Waals surface area contributed by atoms with E-state index in [1.54, 1.807) is 0 Å². The molecule has 3 heterocycles. The SMILES string of the molecule is O=C(CCN1C(=S)N[C@H](c2ccccn2)[C@@H]1c1cccn1C1CCCC1)Nc1ccccc1. The van der Waals surface area contributed by atoms with Crippen LogP contribution in [0.5, 0.6) is 0 Å². The highest BCUT2D eigenvalue weighted by Crippen LogP contribution is 2.41. The van der Waals surface area contributed by atoms with Gasteiger partial charge in [0.25, 0.3) is 0 Å². The summed E-state index contributed by atoms with van der Waals surface area (Å²) in [5.74, 6) is -0.0183. The summed E-state index contributed by atoms with van der Waals surface area (Å²) in [6.07, 6.45) is 9.34. The Morgan fingerprint density at radius 3 is 2.61 bits per heavy atom. The highest BCUT2D eigenvalue weighted by atomic mass is 32.1. The predicted molar refractivity (Wildman–Crippen MR) is 134 cm³/mol. The number of aromatic nitrogens is 2. The summed E-state index contributed by atoms with van der Waals surface area (Å²) in [4.78, 5) is 19.5. The van der Waals surface area contributed by atoms with Gasteiger partial charge in [-0.25, -0.2) is 0 Å². The average Bonchev–Trinajstić information content (AvgIpc) is 3.59. The Labute approximate surface area is 200 Å². The van der Waals surface area contributed by atoms with E-state index in [4.69, 9.17) is 12.2 Å². The molecule has 2 fully saturated rings. The Morgan fingerprint density at radius 1 is 1.06 bits per heavy atom. The molecule has 0 bridgehead atoms. The zero-order valence-electron chi connectivity index (χ0n) is 18.6. The summed E-state index contributed by atoms with van der Waals surface area (Å²) >= 11 is 5.77. The fourth-order valence-corrected chi connectivity index (χ4v) is 5.44. The first-order valence-electron chi connectivity index (χ1n) is 11.7. The van der Waals surface area contributed by atoms with Crippen LogP contribution in [0.15, 0.2) is 73.1 Å². The molecule has 1 saturated carbocycles. The summed E-state index contributed by atoms with van der Waals surface area (Å²) in [6.45, 7) is 0.536. The number of carbonyl (C=O) groups excluding carboxylic acids is 1. The molecule has 5 rings (SSSR count). The van der Waals surface area contributed by atoms with Crippen molar-refractivity contribution in [2.24, 2.45) is 0 Å². The maximum Gasteiger partial charge on any atom is 0.226 e. The molecule has 1 aromatic carbocycles. The predicted octanol–water partition coefficient (Wildman–Crippen LogP) is 5.00. The van der Waals surface area contributed by atoms with Crippen LogP contribution in [0.1, 0.15) is 61.6 Å². The highest BCUT2D eigenvalue weighted by molar-refractivity contribution is 7.80. The van der Waals surface area contributed by atoms with Crippen molar-refractivity contribution >= 4 is 28.9 Å². The molecule has 1 aliphatic carbocycles. The molecule has 2 N–H and O–H groups in total. The van der Waals surface area contributed by atoms with E-state index in [9.17, 15) is 4.79 Å². The van der Waals surface area contributed by atoms with Crippen LogP contribution in [0.4, 0.5) is 5.69 Å². The molecule has 0 spiro atoms. The zero-order valence-corrected chi connectivity index (χ0v) is 19.4. The van der Waals surface area contributed by atoms with Crippen LogP contribution >= 0.6 is 12.2 Å². The molecule has 170 valence electrons. The average molecular weight is 460 g/mol. The maximum atomic E-state index is 12.7. The van der Waals surface area contributed by atoms with Crippen molar-refractivity contribution in [1.82, 2.24) is 19.8 Å². The minimum absolute atomic E-state index is 0.0183. The first kappa shape index (κ1) is 21.6. The van der Waals surface area contributed by atoms with E-state index in [2.05, 4.69) is 43.4 Å². The van der Waals surface area contributed by atoms with Gasteiger partial charge in [0, 0.05) is 42.8 Å². The third kappa shape index (κ3) is 4.64. The third-order valence-corrected chi connectivity index (χ3v) is 7.02. The van der Waals surface area contributed by atoms with Gasteiger partial charge in [-0.2, -0.15) is 0 Å². The summed E-state index contributed by atoms with van der Waals surface area (Å²) in [7, 11) is 0. The van der Waals surface area contributed by atoms with Crippen LogP contribution in [-0.4, -0.2) is 32.0 Å². The van der Waals surface area contributed by atoms with Crippen molar-refractivity contribution in [3.05, 3.63) is 84.4 Å². The van der Waals surface area contributed by atoms with Crippen molar-refractivity contribution in [1.29, 1.82) is 0 Å². The van der Waals surface area contributed by atoms with Crippen LogP contribution in [0.3, 0.4) is 0 Å². The fourth-order valence-electron chi connectivity index (χ4n) is 5.11. The van der Waals surface area contributed by atoms with Gasteiger partial charge in [0.15, 0.2) is 5.11 Å². The van der Waals surface area contributed by atoms with E-state index in [0.717, 1.165) is 11.4 Å². The summed E-state index contributed by atoms with van der Waals surface area (Å²) in [5.41, 5.74) is 3.00. The van der Waals surface area contributed by atoms with Gasteiger partial charge in [-0.15, -0.1) is 0 Å². The van der Waals surface area contributed by atoms with E-state index in [0.29, 0.717) is 24.1 Å². The first-order chi connectivity index (χ1) is 16.2. The van der Waals surface area contributed by atoms with Gasteiger partial charge < -0.3 is 20.1 Å². The Balaban J connectivity index is 1.40. The maximum absolute atomic E-state index is 12.7. The number of benzene rings is 1. The summed E-state index contributed by atoms with van der Waals surface area (Å²) in [6, 6.07) is 20.3. The molecule has 1 aliphatic heterocycles. The minimum atomic E-state index is -0.0639. The number of carbonyl (C=O) groups is 1. The smallest absolute Gasteiger partial charge is 0.226 e. The van der Waals surface area contributed by atoms with Gasteiger partial charge in [0.2, 0.25) is 5.91 Å². The number of para-hydroxylation sites is 1. The van der Waals surface area contributed by atoms with Crippen molar-refractivity contribution in [2.45, 2.75) is 50.2 Å². The van der Waals surface area contributed by atoms with Crippen molar-refractivity contribution < 1.29 is 4.79 Å². The third-order valence-electron chi connectivity index (χ3n) is 6.67. The molecule has 6 nitrogen and oxygen atoms in total. The number of anilines is 1. The number of hydrogen-bond donors (Lipinski definition) is 2. The standard InChI is InChI=1S/C26H29N5OS/c32-23(28-19-9-2-1-3-10-19)15-18-31-25(22-14-8-17-30(22)20-11-4-5-12-20)24(29-26(31)33)21-13-6-7-16-27-21/h1-3,6-10,13-14,16-17,20,24-25H,4-5,11-12,15,18H2,(H,28,32)(H,29,33)/t24-,25+/m1/s1. The van der Waals surface area contributed by atoms with Gasteiger partial charge in [0.05, 0.1) is 17.8 Å². The van der Waals surface area contributed by atoms with Gasteiger partial charge in [-0.3, -0.25) is 9.78 Å². The number of amides is 1. The molecule has 33 heavy (non-hydrogen) atoms. The van der Waals surface area contributed by atoms with Gasteiger partial charge in [-0.05, 0) is 61.5 Å². The van der Waals surface area contributed by atoms with Crippen LogP contribution < -0.4 is 10.6 Å². The Kier molecular flexibility index (Phi) is 6.39. The highest BCUT2D eigenvalue weighted by Gasteiger charge is 2.41. The Morgan fingerprint density at radius 2 is 1.85 bits per heavy atom. The van der Waals surface area contributed by atoms with Gasteiger partial charge in [-0.1, -0.05) is 37.1 Å². The number of nitrogens with one attached hydrogen (secondary N) is 2. The van der Waals surface area contributed by atoms with Crippen LogP contribution in [0.2, 0.25) is 0 Å². The van der Waals surface area contributed by atoms with Crippen molar-refractivity contribution in [2.75, 3.05) is 11.9 Å². The molecular formula is C26H29N5OS. The van der Waals surface area contributed by atoms with Crippen LogP contribution in [0, 0.1) is 0 Å².